The molecule has 4 heterocycles. The summed E-state index contributed by atoms with van der Waals surface area (Å²) in [5.41, 5.74) is -2.37. The summed E-state index contributed by atoms with van der Waals surface area (Å²) in [6, 6.07) is 17.9. The predicted molar refractivity (Wildman–Crippen MR) is 228 cm³/mol. The number of pyridine rings is 2. The van der Waals surface area contributed by atoms with E-state index in [0.717, 1.165) is 42.5 Å². The molecule has 21 heteroatoms. The quantitative estimate of drug-likeness (QED) is 0.0771. The molecule has 4 aromatic heterocycles. The molecule has 0 fully saturated rings. The summed E-state index contributed by atoms with van der Waals surface area (Å²) in [6.45, 7) is 0. The van der Waals surface area contributed by atoms with Crippen molar-refractivity contribution in [2.75, 3.05) is 9.44 Å². The van der Waals surface area contributed by atoms with Crippen LogP contribution in [0.25, 0.3) is 22.1 Å². The van der Waals surface area contributed by atoms with Crippen molar-refractivity contribution in [2.45, 2.75) is 17.2 Å². The molecule has 0 saturated carbocycles. The lowest BCUT2D eigenvalue weighted by Crippen LogP contribution is -2.16. The first-order valence-electron chi connectivity index (χ1n) is 17.1. The van der Waals surface area contributed by atoms with Crippen molar-refractivity contribution in [1.82, 2.24) is 19.9 Å². The maximum atomic E-state index is 15.1. The van der Waals surface area contributed by atoms with Gasteiger partial charge in [-0.25, -0.2) is 48.8 Å². The normalized spacial score (nSPS) is 11.4. The third-order valence-electron chi connectivity index (χ3n) is 8.77. The molecule has 0 aliphatic heterocycles. The Morgan fingerprint density at radius 2 is 1.00 bits per heavy atom. The van der Waals surface area contributed by atoms with Gasteiger partial charge in [-0.3, -0.25) is 19.0 Å². The van der Waals surface area contributed by atoms with E-state index < -0.39 is 88.1 Å². The number of carbonyl (C=O) groups excluding carboxylic acids is 2. The molecule has 0 bridgehead atoms. The fraction of sp³-hybridized carbons (Fsp3) is 0.0244. The summed E-state index contributed by atoms with van der Waals surface area (Å²) < 4.78 is 127. The van der Waals surface area contributed by atoms with Gasteiger partial charge in [0.05, 0.1) is 32.3 Å². The Morgan fingerprint density at radius 3 is 1.45 bits per heavy atom. The summed E-state index contributed by atoms with van der Waals surface area (Å²) in [4.78, 5) is 39.0. The maximum absolute atomic E-state index is 15.1. The van der Waals surface area contributed by atoms with E-state index in [2.05, 4.69) is 56.5 Å². The molecule has 0 aliphatic rings. The minimum Gasteiger partial charge on any atom is -0.345 e. The highest BCUT2D eigenvalue weighted by Crippen LogP contribution is 2.31. The predicted octanol–water partition coefficient (Wildman–Crippen LogP) is 10.0. The van der Waals surface area contributed by atoms with Crippen LogP contribution < -0.4 is 9.44 Å². The number of nitrogens with one attached hydrogen (secondary N) is 4. The molecule has 318 valence electrons. The molecule has 62 heavy (non-hydrogen) atoms. The minimum absolute atomic E-state index is 0. The Hall–Kier alpha value is -6.29. The number of H-pyrrole nitrogens is 2. The fourth-order valence-electron chi connectivity index (χ4n) is 5.92. The summed E-state index contributed by atoms with van der Waals surface area (Å²) in [7, 11) is -8.53. The molecule has 12 nitrogen and oxygen atoms in total. The first-order chi connectivity index (χ1) is 28.9. The molecule has 8 aromatic rings. The highest BCUT2D eigenvalue weighted by molar-refractivity contribution is 9.10. The number of benzene rings is 4. The first kappa shape index (κ1) is 45.2. The standard InChI is InChI=1S/C20H11BrF3N3O3S.C20H12BrF2N3O3S.CH4/c21-10-6-13-14(9-26-20(13)25-8-10)19(28)17-15(23)4-5-16(18(17)24)27-31(29,30)12-3-1-2-11(22)7-12;21-11-8-13-14(10-25-20(13)24-9-11)19(27)17-15(22)6-7-16(18(17)23)26-30(28,29)12-4-2-1-3-5-12;/h1-9,27H,(H,25,26);1-10,26H,(H,24,25);1H4. The molecule has 0 spiro atoms. The molecule has 0 radical (unpaired) electrons. The van der Waals surface area contributed by atoms with Gasteiger partial charge < -0.3 is 9.97 Å². The zero-order valence-corrected chi connectivity index (χ0v) is 35.1. The molecule has 8 rings (SSSR count). The molecular formula is C41H27Br2F5N6O6S2. The van der Waals surface area contributed by atoms with Crippen LogP contribution in [-0.2, 0) is 20.0 Å². The number of sulfonamides is 2. The lowest BCUT2D eigenvalue weighted by atomic mass is 10.0. The monoisotopic (exact) mass is 1020 g/mol. The number of hydrogen-bond acceptors (Lipinski definition) is 8. The zero-order chi connectivity index (χ0) is 43.8. The molecular weight excluding hydrogens is 991 g/mol. The number of nitrogens with zero attached hydrogens (tertiary/aromatic N) is 2. The Morgan fingerprint density at radius 1 is 0.565 bits per heavy atom. The highest BCUT2D eigenvalue weighted by atomic mass is 79.9. The van der Waals surface area contributed by atoms with E-state index in [9.17, 15) is 39.6 Å². The average molecular weight is 1020 g/mol. The van der Waals surface area contributed by atoms with E-state index in [1.54, 1.807) is 18.2 Å². The van der Waals surface area contributed by atoms with Crippen LogP contribution in [0.3, 0.4) is 0 Å². The largest absolute Gasteiger partial charge is 0.345 e. The molecule has 0 unspecified atom stereocenters. The Labute approximate surface area is 366 Å². The Bertz CT molecular complexity index is 3280. The van der Waals surface area contributed by atoms with Gasteiger partial charge in [-0.1, -0.05) is 31.7 Å². The SMILES string of the molecule is C.O=C(c1c(F)ccc(NS(=O)(=O)c2cccc(F)c2)c1F)c1c[nH]c2ncc(Br)cc12.O=C(c1c(F)ccc(NS(=O)(=O)c2ccccc2)c1F)c1c[nH]c2ncc(Br)cc12. The van der Waals surface area contributed by atoms with Crippen LogP contribution in [0.1, 0.15) is 39.3 Å². The van der Waals surface area contributed by atoms with Crippen LogP contribution >= 0.6 is 31.9 Å². The summed E-state index contributed by atoms with van der Waals surface area (Å²) >= 11 is 6.46. The second kappa shape index (κ2) is 18.0. The van der Waals surface area contributed by atoms with Crippen LogP contribution in [0.5, 0.6) is 0 Å². The number of rotatable bonds is 10. The third-order valence-corrected chi connectivity index (χ3v) is 12.4. The van der Waals surface area contributed by atoms with Crippen molar-refractivity contribution in [3.63, 3.8) is 0 Å². The van der Waals surface area contributed by atoms with Crippen LogP contribution in [0.2, 0.25) is 0 Å². The van der Waals surface area contributed by atoms with Crippen molar-refractivity contribution in [3.8, 4) is 0 Å². The van der Waals surface area contributed by atoms with Gasteiger partial charge >= 0.3 is 0 Å². The second-order valence-corrected chi connectivity index (χ2v) is 17.9. The number of aromatic nitrogens is 4. The van der Waals surface area contributed by atoms with E-state index in [1.807, 2.05) is 4.72 Å². The Kier molecular flexibility index (Phi) is 13.1. The van der Waals surface area contributed by atoms with Gasteiger partial charge in [0.15, 0.2) is 11.6 Å². The topological polar surface area (TPSA) is 184 Å². The third kappa shape index (κ3) is 9.15. The maximum Gasteiger partial charge on any atom is 0.262 e. The van der Waals surface area contributed by atoms with E-state index in [1.165, 1.54) is 55.1 Å². The van der Waals surface area contributed by atoms with E-state index in [4.69, 9.17) is 0 Å². The van der Waals surface area contributed by atoms with Crippen molar-refractivity contribution in [1.29, 1.82) is 0 Å². The van der Waals surface area contributed by atoms with Gasteiger partial charge in [0, 0.05) is 55.6 Å². The van der Waals surface area contributed by atoms with E-state index >= 15 is 8.78 Å². The van der Waals surface area contributed by atoms with Crippen molar-refractivity contribution in [3.05, 3.63) is 176 Å². The van der Waals surface area contributed by atoms with Crippen LogP contribution in [0, 0.1) is 29.1 Å². The van der Waals surface area contributed by atoms with Crippen LogP contribution in [-0.4, -0.2) is 48.3 Å². The van der Waals surface area contributed by atoms with Gasteiger partial charge in [0.1, 0.15) is 28.7 Å². The van der Waals surface area contributed by atoms with Gasteiger partial charge in [-0.05, 0) is 98.6 Å². The number of ketones is 2. The lowest BCUT2D eigenvalue weighted by molar-refractivity contribution is 0.102. The number of halogens is 7. The molecule has 4 N–H and O–H groups in total. The summed E-state index contributed by atoms with van der Waals surface area (Å²) in [5, 5.41) is 0.687. The molecule has 0 amide bonds. The van der Waals surface area contributed by atoms with Gasteiger partial charge in [0.25, 0.3) is 20.0 Å². The number of anilines is 2. The van der Waals surface area contributed by atoms with Crippen molar-refractivity contribution in [2.24, 2.45) is 0 Å². The Balaban J connectivity index is 0.000000204. The van der Waals surface area contributed by atoms with Gasteiger partial charge in [0.2, 0.25) is 11.6 Å². The van der Waals surface area contributed by atoms with Crippen LogP contribution in [0.15, 0.2) is 135 Å². The molecule has 0 aliphatic carbocycles. The number of carbonyl (C=O) groups is 2. The highest BCUT2D eigenvalue weighted by Gasteiger charge is 2.28. The van der Waals surface area contributed by atoms with E-state index in [-0.39, 0.29) is 23.4 Å². The summed E-state index contributed by atoms with van der Waals surface area (Å²) in [5.74, 6) is -7.76. The smallest absolute Gasteiger partial charge is 0.262 e. The van der Waals surface area contributed by atoms with Crippen LogP contribution in [0.4, 0.5) is 33.3 Å². The zero-order valence-electron chi connectivity index (χ0n) is 30.3. The van der Waals surface area contributed by atoms with Gasteiger partial charge in [-0.15, -0.1) is 0 Å². The minimum atomic E-state index is -4.39. The molecule has 0 atom stereocenters. The number of aromatic amines is 2. The lowest BCUT2D eigenvalue weighted by Gasteiger charge is -2.12. The molecule has 0 saturated heterocycles. The number of hydrogen-bond donors (Lipinski definition) is 4. The van der Waals surface area contributed by atoms with E-state index in [0.29, 0.717) is 31.0 Å². The fourth-order valence-corrected chi connectivity index (χ4v) is 8.75. The average Bonchev–Trinajstić information content (AvgIpc) is 3.84. The second-order valence-electron chi connectivity index (χ2n) is 12.7. The van der Waals surface area contributed by atoms with Crippen molar-refractivity contribution < 1.29 is 48.4 Å². The first-order valence-corrected chi connectivity index (χ1v) is 21.7. The van der Waals surface area contributed by atoms with Crippen molar-refractivity contribution >= 4 is 96.9 Å². The van der Waals surface area contributed by atoms with Gasteiger partial charge in [-0.2, -0.15) is 0 Å². The molecule has 4 aromatic carbocycles. The number of fused-ring (bicyclic) bond motifs is 2. The summed E-state index contributed by atoms with van der Waals surface area (Å²) in [6.07, 6.45) is 5.55.